The molecule has 0 amide bonds. The molecule has 0 fully saturated rings. The molecule has 0 aliphatic rings. The van der Waals surface area contributed by atoms with Crippen molar-refractivity contribution in [3.8, 4) is 11.3 Å². The zero-order valence-corrected chi connectivity index (χ0v) is 11.2. The lowest BCUT2D eigenvalue weighted by molar-refractivity contribution is 0.619. The lowest BCUT2D eigenvalue weighted by Crippen LogP contribution is -1.85. The van der Waals surface area contributed by atoms with Gasteiger partial charge in [0.15, 0.2) is 0 Å². The first-order valence-electron chi connectivity index (χ1n) is 5.87. The van der Waals surface area contributed by atoms with Crippen LogP contribution < -0.4 is 0 Å². The van der Waals surface area contributed by atoms with Gasteiger partial charge < -0.3 is 0 Å². The Balaban J connectivity index is 2.30. The van der Waals surface area contributed by atoms with Crippen LogP contribution in [0, 0.1) is 17.6 Å². The summed E-state index contributed by atoms with van der Waals surface area (Å²) in [5, 5.41) is 3.61. The van der Waals surface area contributed by atoms with E-state index >= 15 is 0 Å². The van der Waals surface area contributed by atoms with E-state index in [1.807, 2.05) is 13.0 Å². The highest BCUT2D eigenvalue weighted by atomic mass is 35.5. The Morgan fingerprint density at radius 3 is 2.80 bits per heavy atom. The summed E-state index contributed by atoms with van der Waals surface area (Å²) in [4.78, 5) is 15.4. The van der Waals surface area contributed by atoms with E-state index in [9.17, 15) is 9.30 Å². The molecule has 0 spiro atoms. The summed E-state index contributed by atoms with van der Waals surface area (Å²) in [5.74, 6) is -0.389. The third-order valence-electron chi connectivity index (χ3n) is 3.08. The van der Waals surface area contributed by atoms with Gasteiger partial charge in [-0.05, 0) is 41.9 Å². The molecule has 100 valence electrons. The van der Waals surface area contributed by atoms with E-state index in [1.165, 1.54) is 22.7 Å². The number of aryl methyl sites for hydroxylation is 1. The minimum Gasteiger partial charge on any atom is -0.278 e. The number of rotatable bonds is 2. The smallest absolute Gasteiger partial charge is 0.209 e. The lowest BCUT2D eigenvalue weighted by Gasteiger charge is -2.01. The van der Waals surface area contributed by atoms with Crippen molar-refractivity contribution in [3.05, 3.63) is 57.8 Å². The molecule has 0 unspecified atom stereocenters. The number of nitrogens with zero attached hydrogens (tertiary/aromatic N) is 3. The van der Waals surface area contributed by atoms with E-state index in [2.05, 4.69) is 10.2 Å². The molecule has 0 aliphatic carbocycles. The minimum atomic E-state index is -0.460. The highest BCUT2D eigenvalue weighted by Gasteiger charge is 2.15. The molecule has 3 aromatic rings. The number of halogens is 2. The molecular formula is C14H9ClFN3O. The highest BCUT2D eigenvalue weighted by molar-refractivity contribution is 6.31. The summed E-state index contributed by atoms with van der Waals surface area (Å²) in [7, 11) is 0. The Bertz CT molecular complexity index is 829. The molecule has 0 saturated carbocycles. The first-order valence-corrected chi connectivity index (χ1v) is 6.25. The molecule has 2 aromatic heterocycles. The van der Waals surface area contributed by atoms with Crippen molar-refractivity contribution >= 4 is 23.1 Å². The average molecular weight is 290 g/mol. The number of pyridine rings is 1. The van der Waals surface area contributed by atoms with E-state index in [4.69, 9.17) is 11.6 Å². The van der Waals surface area contributed by atoms with Gasteiger partial charge in [-0.3, -0.25) is 4.40 Å². The second-order valence-corrected chi connectivity index (χ2v) is 4.82. The number of benzene rings is 1. The van der Waals surface area contributed by atoms with Gasteiger partial charge in [-0.1, -0.05) is 17.7 Å². The summed E-state index contributed by atoms with van der Waals surface area (Å²) < 4.78 is 14.6. The summed E-state index contributed by atoms with van der Waals surface area (Å²) in [6, 6.07) is 8.08. The predicted octanol–water partition coefficient (Wildman–Crippen LogP) is 4.50. The van der Waals surface area contributed by atoms with Crippen LogP contribution in [0.25, 0.3) is 16.9 Å². The van der Waals surface area contributed by atoms with Gasteiger partial charge in [0, 0.05) is 16.8 Å². The summed E-state index contributed by atoms with van der Waals surface area (Å²) in [5.41, 5.74) is 2.45. The molecule has 0 aliphatic heterocycles. The summed E-state index contributed by atoms with van der Waals surface area (Å²) in [6.45, 7) is 1.86. The number of hydrogen-bond donors (Lipinski definition) is 0. The van der Waals surface area contributed by atoms with Crippen LogP contribution in [0.15, 0.2) is 41.7 Å². The third kappa shape index (κ3) is 1.96. The zero-order chi connectivity index (χ0) is 14.3. The van der Waals surface area contributed by atoms with E-state index < -0.39 is 5.82 Å². The Kier molecular flexibility index (Phi) is 2.99. The molecular weight excluding hydrogens is 281 g/mol. The average Bonchev–Trinajstić information content (AvgIpc) is 2.79. The number of nitroso groups, excluding NO2 is 1. The van der Waals surface area contributed by atoms with E-state index in [0.29, 0.717) is 21.9 Å². The van der Waals surface area contributed by atoms with Crippen molar-refractivity contribution in [2.24, 2.45) is 5.18 Å². The topological polar surface area (TPSA) is 46.7 Å². The summed E-state index contributed by atoms with van der Waals surface area (Å²) >= 11 is 5.98. The van der Waals surface area contributed by atoms with Crippen LogP contribution in [-0.2, 0) is 0 Å². The van der Waals surface area contributed by atoms with Crippen molar-refractivity contribution in [2.75, 3.05) is 0 Å². The van der Waals surface area contributed by atoms with Crippen molar-refractivity contribution < 1.29 is 4.39 Å². The fourth-order valence-corrected chi connectivity index (χ4v) is 2.20. The second kappa shape index (κ2) is 4.68. The number of imidazole rings is 1. The normalized spacial score (nSPS) is 10.9. The molecule has 0 bridgehead atoms. The quantitative estimate of drug-likeness (QED) is 0.652. The number of aromatic nitrogens is 2. The molecule has 20 heavy (non-hydrogen) atoms. The fourth-order valence-electron chi connectivity index (χ4n) is 2.08. The minimum absolute atomic E-state index is 0.0706. The van der Waals surface area contributed by atoms with Gasteiger partial charge >= 0.3 is 0 Å². The SMILES string of the molecule is Cc1cc(-c2nc3ccc(F)cn3c2N=O)ccc1Cl. The van der Waals surface area contributed by atoms with Crippen LogP contribution in [0.3, 0.4) is 0 Å². The van der Waals surface area contributed by atoms with Gasteiger partial charge in [0.05, 0.1) is 0 Å². The van der Waals surface area contributed by atoms with E-state index in [0.717, 1.165) is 5.56 Å². The first-order chi connectivity index (χ1) is 9.60. The predicted molar refractivity (Wildman–Crippen MR) is 75.8 cm³/mol. The second-order valence-electron chi connectivity index (χ2n) is 4.41. The van der Waals surface area contributed by atoms with Gasteiger partial charge in [-0.2, -0.15) is 0 Å². The molecule has 0 saturated heterocycles. The van der Waals surface area contributed by atoms with Crippen molar-refractivity contribution in [2.45, 2.75) is 6.92 Å². The van der Waals surface area contributed by atoms with Crippen molar-refractivity contribution in [1.82, 2.24) is 9.38 Å². The van der Waals surface area contributed by atoms with Gasteiger partial charge in [0.1, 0.15) is 17.2 Å². The molecule has 1 aromatic carbocycles. The Morgan fingerprint density at radius 1 is 1.30 bits per heavy atom. The van der Waals surface area contributed by atoms with Gasteiger partial charge in [-0.25, -0.2) is 9.37 Å². The number of hydrogen-bond acceptors (Lipinski definition) is 3. The Labute approximate surface area is 118 Å². The van der Waals surface area contributed by atoms with Gasteiger partial charge in [-0.15, -0.1) is 4.91 Å². The van der Waals surface area contributed by atoms with Gasteiger partial charge in [0.2, 0.25) is 5.82 Å². The van der Waals surface area contributed by atoms with Crippen LogP contribution >= 0.6 is 11.6 Å². The number of fused-ring (bicyclic) bond motifs is 1. The van der Waals surface area contributed by atoms with Crippen LogP contribution in [0.4, 0.5) is 10.2 Å². The molecule has 0 N–H and O–H groups in total. The molecule has 0 radical (unpaired) electrons. The summed E-state index contributed by atoms with van der Waals surface area (Å²) in [6.07, 6.45) is 1.19. The molecule has 2 heterocycles. The first kappa shape index (κ1) is 12.7. The van der Waals surface area contributed by atoms with Crippen LogP contribution in [0.2, 0.25) is 5.02 Å². The zero-order valence-electron chi connectivity index (χ0n) is 10.5. The van der Waals surface area contributed by atoms with Crippen molar-refractivity contribution in [1.29, 1.82) is 0 Å². The third-order valence-corrected chi connectivity index (χ3v) is 3.50. The fraction of sp³-hybridized carbons (Fsp3) is 0.0714. The van der Waals surface area contributed by atoms with Crippen LogP contribution in [0.5, 0.6) is 0 Å². The van der Waals surface area contributed by atoms with E-state index in [1.54, 1.807) is 12.1 Å². The molecule has 6 heteroatoms. The maximum Gasteiger partial charge on any atom is 0.209 e. The standard InChI is InChI=1S/C14H9ClFN3O/c1-8-6-9(2-4-11(8)15)13-14(18-20)19-7-10(16)3-5-12(19)17-13/h2-7H,1H3. The molecule has 3 rings (SSSR count). The van der Waals surface area contributed by atoms with E-state index in [-0.39, 0.29) is 5.82 Å². The Hall–Kier alpha value is -2.27. The maximum absolute atomic E-state index is 13.3. The Morgan fingerprint density at radius 2 is 2.10 bits per heavy atom. The van der Waals surface area contributed by atoms with Crippen LogP contribution in [0.1, 0.15) is 5.56 Å². The largest absolute Gasteiger partial charge is 0.278 e. The lowest BCUT2D eigenvalue weighted by atomic mass is 10.1. The van der Waals surface area contributed by atoms with Gasteiger partial charge in [0.25, 0.3) is 0 Å². The van der Waals surface area contributed by atoms with Crippen LogP contribution in [-0.4, -0.2) is 9.38 Å². The van der Waals surface area contributed by atoms with Crippen molar-refractivity contribution in [3.63, 3.8) is 0 Å². The molecule has 0 atom stereocenters. The maximum atomic E-state index is 13.3. The highest BCUT2D eigenvalue weighted by Crippen LogP contribution is 2.32. The molecule has 4 nitrogen and oxygen atoms in total. The monoisotopic (exact) mass is 289 g/mol.